The lowest BCUT2D eigenvalue weighted by atomic mass is 10.0. The van der Waals surface area contributed by atoms with Gasteiger partial charge in [0.15, 0.2) is 0 Å². The highest BCUT2D eigenvalue weighted by Gasteiger charge is 2.22. The molecule has 2 heterocycles. The molecule has 3 rings (SSSR count). The van der Waals surface area contributed by atoms with Crippen molar-refractivity contribution in [3.05, 3.63) is 47.7 Å². The maximum Gasteiger partial charge on any atom is 0.228 e. The van der Waals surface area contributed by atoms with Gasteiger partial charge in [-0.1, -0.05) is 24.3 Å². The number of benzene rings is 1. The molecule has 0 aliphatic carbocycles. The molecule has 1 amide bonds. The van der Waals surface area contributed by atoms with Gasteiger partial charge in [0.25, 0.3) is 0 Å². The Morgan fingerprint density at radius 2 is 1.92 bits per heavy atom. The van der Waals surface area contributed by atoms with E-state index in [9.17, 15) is 4.79 Å². The minimum Gasteiger partial charge on any atom is -0.481 e. The van der Waals surface area contributed by atoms with Gasteiger partial charge in [-0.25, -0.2) is 4.98 Å². The Kier molecular flexibility index (Phi) is 5.48. The summed E-state index contributed by atoms with van der Waals surface area (Å²) in [7, 11) is 1.59. The topological polar surface area (TPSA) is 58.6 Å². The maximum atomic E-state index is 12.5. The predicted molar refractivity (Wildman–Crippen MR) is 96.9 cm³/mol. The second-order valence-electron chi connectivity index (χ2n) is 6.19. The first kappa shape index (κ1) is 17.2. The molecule has 0 atom stereocenters. The molecule has 0 bridgehead atoms. The lowest BCUT2D eigenvalue weighted by Crippen LogP contribution is -2.49. The number of carbonyl (C=O) groups is 1. The first-order valence-electron chi connectivity index (χ1n) is 8.61. The second kappa shape index (κ2) is 7.96. The van der Waals surface area contributed by atoms with E-state index in [-0.39, 0.29) is 5.91 Å². The smallest absolute Gasteiger partial charge is 0.228 e. The van der Waals surface area contributed by atoms with E-state index in [1.54, 1.807) is 19.4 Å². The van der Waals surface area contributed by atoms with Crippen molar-refractivity contribution in [2.45, 2.75) is 19.8 Å². The molecular weight excluding hydrogens is 316 g/mol. The average Bonchev–Trinajstić information content (AvgIpc) is 2.67. The Morgan fingerprint density at radius 1 is 1.16 bits per heavy atom. The fraction of sp³-hybridized carbons (Fsp3) is 0.421. The summed E-state index contributed by atoms with van der Waals surface area (Å²) in [6, 6.07) is 9.97. The van der Waals surface area contributed by atoms with Gasteiger partial charge in [-0.2, -0.15) is 4.98 Å². The standard InChI is InChI=1S/C19H24N4O2/c1-15-5-3-4-6-16(15)7-8-18(24)22-11-13-23(14-12-22)19-20-10-9-17(21-19)25-2/h3-6,9-10H,7-8,11-14H2,1-2H3. The minimum absolute atomic E-state index is 0.217. The molecule has 0 unspecified atom stereocenters. The van der Waals surface area contributed by atoms with E-state index >= 15 is 0 Å². The summed E-state index contributed by atoms with van der Waals surface area (Å²) in [6.07, 6.45) is 3.05. The normalized spacial score (nSPS) is 14.5. The van der Waals surface area contributed by atoms with Gasteiger partial charge in [0, 0.05) is 44.9 Å². The Morgan fingerprint density at radius 3 is 2.64 bits per heavy atom. The third-order valence-corrected chi connectivity index (χ3v) is 4.61. The van der Waals surface area contributed by atoms with E-state index in [0.29, 0.717) is 31.3 Å². The van der Waals surface area contributed by atoms with Crippen LogP contribution in [0.15, 0.2) is 36.5 Å². The summed E-state index contributed by atoms with van der Waals surface area (Å²) < 4.78 is 5.15. The van der Waals surface area contributed by atoms with Crippen LogP contribution in [0.5, 0.6) is 5.88 Å². The largest absolute Gasteiger partial charge is 0.481 e. The number of hydrogen-bond donors (Lipinski definition) is 0. The molecule has 1 saturated heterocycles. The van der Waals surface area contributed by atoms with Crippen molar-refractivity contribution in [2.75, 3.05) is 38.2 Å². The highest BCUT2D eigenvalue weighted by Crippen LogP contribution is 2.16. The van der Waals surface area contributed by atoms with Crippen molar-refractivity contribution < 1.29 is 9.53 Å². The van der Waals surface area contributed by atoms with Gasteiger partial charge in [-0.15, -0.1) is 0 Å². The van der Waals surface area contributed by atoms with Gasteiger partial charge in [0.1, 0.15) is 0 Å². The molecule has 1 aromatic heterocycles. The number of anilines is 1. The number of methoxy groups -OCH3 is 1. The number of piperazine rings is 1. The molecule has 1 aliphatic heterocycles. The van der Waals surface area contributed by atoms with E-state index in [2.05, 4.69) is 33.9 Å². The molecule has 0 saturated carbocycles. The SMILES string of the molecule is COc1ccnc(N2CCN(C(=O)CCc3ccccc3C)CC2)n1. The zero-order valence-corrected chi connectivity index (χ0v) is 14.8. The number of hydrogen-bond acceptors (Lipinski definition) is 5. The Hall–Kier alpha value is -2.63. The summed E-state index contributed by atoms with van der Waals surface area (Å²) >= 11 is 0. The van der Waals surface area contributed by atoms with Gasteiger partial charge < -0.3 is 14.5 Å². The van der Waals surface area contributed by atoms with Crippen molar-refractivity contribution in [3.8, 4) is 5.88 Å². The van der Waals surface area contributed by atoms with Gasteiger partial charge >= 0.3 is 0 Å². The van der Waals surface area contributed by atoms with Crippen molar-refractivity contribution in [1.29, 1.82) is 0 Å². The molecule has 0 radical (unpaired) electrons. The lowest BCUT2D eigenvalue weighted by molar-refractivity contribution is -0.131. The van der Waals surface area contributed by atoms with Gasteiger partial charge in [-0.3, -0.25) is 4.79 Å². The van der Waals surface area contributed by atoms with Crippen LogP contribution in [-0.2, 0) is 11.2 Å². The third-order valence-electron chi connectivity index (χ3n) is 4.61. The van der Waals surface area contributed by atoms with Crippen LogP contribution in [0.4, 0.5) is 5.95 Å². The molecule has 132 valence electrons. The summed E-state index contributed by atoms with van der Waals surface area (Å²) in [4.78, 5) is 25.2. The highest BCUT2D eigenvalue weighted by molar-refractivity contribution is 5.76. The van der Waals surface area contributed by atoms with Crippen molar-refractivity contribution in [1.82, 2.24) is 14.9 Å². The van der Waals surface area contributed by atoms with Crippen LogP contribution in [0, 0.1) is 6.92 Å². The van der Waals surface area contributed by atoms with Crippen LogP contribution in [-0.4, -0.2) is 54.1 Å². The Labute approximate surface area is 148 Å². The number of nitrogens with zero attached hydrogens (tertiary/aromatic N) is 4. The van der Waals surface area contributed by atoms with Crippen molar-refractivity contribution in [2.24, 2.45) is 0 Å². The molecular formula is C19H24N4O2. The Bertz CT molecular complexity index is 727. The number of amides is 1. The van der Waals surface area contributed by atoms with Gasteiger partial charge in [0.2, 0.25) is 17.7 Å². The molecule has 1 fully saturated rings. The zero-order chi connectivity index (χ0) is 17.6. The third kappa shape index (κ3) is 4.26. The fourth-order valence-electron chi connectivity index (χ4n) is 3.04. The van der Waals surface area contributed by atoms with Gasteiger partial charge in [-0.05, 0) is 24.5 Å². The lowest BCUT2D eigenvalue weighted by Gasteiger charge is -2.34. The van der Waals surface area contributed by atoms with E-state index in [0.717, 1.165) is 19.5 Å². The van der Waals surface area contributed by atoms with E-state index < -0.39 is 0 Å². The summed E-state index contributed by atoms with van der Waals surface area (Å²) in [5.41, 5.74) is 2.49. The van der Waals surface area contributed by atoms with Crippen LogP contribution in [0.1, 0.15) is 17.5 Å². The van der Waals surface area contributed by atoms with Crippen LogP contribution in [0.2, 0.25) is 0 Å². The zero-order valence-electron chi connectivity index (χ0n) is 14.8. The van der Waals surface area contributed by atoms with E-state index in [1.807, 2.05) is 17.0 Å². The number of rotatable bonds is 5. The van der Waals surface area contributed by atoms with E-state index in [1.165, 1.54) is 11.1 Å². The molecule has 1 aliphatic rings. The number of aromatic nitrogens is 2. The number of aryl methyl sites for hydroxylation is 2. The second-order valence-corrected chi connectivity index (χ2v) is 6.19. The van der Waals surface area contributed by atoms with Crippen LogP contribution in [0.3, 0.4) is 0 Å². The summed E-state index contributed by atoms with van der Waals surface area (Å²) in [5, 5.41) is 0. The molecule has 6 heteroatoms. The molecule has 6 nitrogen and oxygen atoms in total. The van der Waals surface area contributed by atoms with Crippen LogP contribution < -0.4 is 9.64 Å². The predicted octanol–water partition coefficient (Wildman–Crippen LogP) is 2.08. The van der Waals surface area contributed by atoms with Gasteiger partial charge in [0.05, 0.1) is 7.11 Å². The van der Waals surface area contributed by atoms with Crippen molar-refractivity contribution in [3.63, 3.8) is 0 Å². The maximum absolute atomic E-state index is 12.5. The number of ether oxygens (including phenoxy) is 1. The van der Waals surface area contributed by atoms with Crippen LogP contribution >= 0.6 is 0 Å². The summed E-state index contributed by atoms with van der Waals surface area (Å²) in [6.45, 7) is 4.97. The molecule has 0 N–H and O–H groups in total. The first-order chi connectivity index (χ1) is 12.2. The fourth-order valence-corrected chi connectivity index (χ4v) is 3.04. The molecule has 25 heavy (non-hydrogen) atoms. The average molecular weight is 340 g/mol. The Balaban J connectivity index is 1.51. The quantitative estimate of drug-likeness (QED) is 0.834. The molecule has 0 spiro atoms. The first-order valence-corrected chi connectivity index (χ1v) is 8.61. The monoisotopic (exact) mass is 340 g/mol. The molecule has 1 aromatic carbocycles. The highest BCUT2D eigenvalue weighted by atomic mass is 16.5. The number of carbonyl (C=O) groups excluding carboxylic acids is 1. The van der Waals surface area contributed by atoms with Crippen LogP contribution in [0.25, 0.3) is 0 Å². The minimum atomic E-state index is 0.217. The van der Waals surface area contributed by atoms with Crippen molar-refractivity contribution >= 4 is 11.9 Å². The summed E-state index contributed by atoms with van der Waals surface area (Å²) in [5.74, 6) is 1.43. The molecule has 2 aromatic rings. The van der Waals surface area contributed by atoms with E-state index in [4.69, 9.17) is 4.74 Å².